The van der Waals surface area contributed by atoms with Crippen molar-refractivity contribution in [3.63, 3.8) is 0 Å². The Bertz CT molecular complexity index is 1520. The number of fused-ring (bicyclic) bond motifs is 1. The van der Waals surface area contributed by atoms with E-state index in [-0.39, 0.29) is 24.2 Å². The number of hydrogen-bond acceptors (Lipinski definition) is 7. The highest BCUT2D eigenvalue weighted by Gasteiger charge is 2.40. The lowest BCUT2D eigenvalue weighted by Gasteiger charge is -2.35. The van der Waals surface area contributed by atoms with Crippen LogP contribution >= 0.6 is 0 Å². The van der Waals surface area contributed by atoms with Crippen LogP contribution in [0.25, 0.3) is 0 Å². The van der Waals surface area contributed by atoms with Crippen molar-refractivity contribution in [1.29, 1.82) is 0 Å². The number of hydrogen-bond donors (Lipinski definition) is 4. The zero-order valence-corrected chi connectivity index (χ0v) is 25.9. The molecule has 0 spiro atoms. The predicted molar refractivity (Wildman–Crippen MR) is 166 cm³/mol. The summed E-state index contributed by atoms with van der Waals surface area (Å²) in [6.07, 6.45) is -1.15. The first-order valence-corrected chi connectivity index (χ1v) is 15.1. The van der Waals surface area contributed by atoms with E-state index in [0.29, 0.717) is 23.7 Å². The zero-order chi connectivity index (χ0) is 31.9. The lowest BCUT2D eigenvalue weighted by Crippen LogP contribution is -2.42. The number of aryl methyl sites for hydroxylation is 1. The van der Waals surface area contributed by atoms with E-state index in [4.69, 9.17) is 0 Å². The van der Waals surface area contributed by atoms with Gasteiger partial charge in [-0.15, -0.1) is 0 Å². The molecule has 2 aliphatic heterocycles. The second-order valence-corrected chi connectivity index (χ2v) is 13.0. The van der Waals surface area contributed by atoms with Gasteiger partial charge in [0, 0.05) is 30.7 Å². The molecule has 4 N–H and O–H groups in total. The number of amides is 1. The summed E-state index contributed by atoms with van der Waals surface area (Å²) >= 11 is 0. The fraction of sp³-hybridized carbons (Fsp3) is 0.485. The summed E-state index contributed by atoms with van der Waals surface area (Å²) in [5.74, 6) is -0.0349. The van der Waals surface area contributed by atoms with Crippen molar-refractivity contribution in [2.24, 2.45) is 0 Å². The van der Waals surface area contributed by atoms with Crippen molar-refractivity contribution in [2.45, 2.75) is 83.5 Å². The van der Waals surface area contributed by atoms with Crippen LogP contribution in [0.3, 0.4) is 0 Å². The molecule has 5 rings (SSSR count). The van der Waals surface area contributed by atoms with E-state index >= 15 is 0 Å². The molecule has 1 amide bonds. The van der Waals surface area contributed by atoms with Gasteiger partial charge in [-0.05, 0) is 100 Å². The number of aliphatic hydroxyl groups is 1. The molecule has 44 heavy (non-hydrogen) atoms. The Labute approximate surface area is 256 Å². The Morgan fingerprint density at radius 1 is 1.11 bits per heavy atom. The lowest BCUT2D eigenvalue weighted by atomic mass is 9.83. The van der Waals surface area contributed by atoms with Gasteiger partial charge < -0.3 is 26.0 Å². The minimum atomic E-state index is -4.66. The normalized spacial score (nSPS) is 17.3. The predicted octanol–water partition coefficient (Wildman–Crippen LogP) is 6.59. The Hall–Kier alpha value is -3.70. The fourth-order valence-corrected chi connectivity index (χ4v) is 6.32. The molecule has 1 saturated heterocycles. The number of aromatic nitrogens is 2. The van der Waals surface area contributed by atoms with Crippen molar-refractivity contribution in [1.82, 2.24) is 14.9 Å². The number of nitrogens with zero attached hydrogens (tertiary/aromatic N) is 3. The Morgan fingerprint density at radius 3 is 2.50 bits per heavy atom. The van der Waals surface area contributed by atoms with Gasteiger partial charge in [-0.3, -0.25) is 4.79 Å². The van der Waals surface area contributed by atoms with Crippen LogP contribution in [0.2, 0.25) is 0 Å². The summed E-state index contributed by atoms with van der Waals surface area (Å²) in [6, 6.07) is 11.5. The number of likely N-dealkylation sites (tertiary alicyclic amines) is 1. The average molecular weight is 611 g/mol. The number of β-amino-alcohol motifs (C(OH)–C–C–N with tert-alkyl or cyclic N) is 1. The number of alkyl halides is 3. The quantitative estimate of drug-likeness (QED) is 0.217. The summed E-state index contributed by atoms with van der Waals surface area (Å²) in [7, 11) is 0. The van der Waals surface area contributed by atoms with Crippen molar-refractivity contribution in [3.05, 3.63) is 70.4 Å². The molecule has 0 radical (unpaired) electrons. The number of benzene rings is 2. The van der Waals surface area contributed by atoms with Gasteiger partial charge in [0.05, 0.1) is 11.0 Å². The SMILES string of the molecule is CCc1cc(C2CCN(CC(C)(C)O)CC2)ccc1Nc1ncc(C(F)(F)F)c(NCc2cccc3c2C(C)(C)C(=O)N3)n1. The van der Waals surface area contributed by atoms with E-state index in [1.165, 1.54) is 5.56 Å². The minimum Gasteiger partial charge on any atom is -0.389 e. The molecule has 3 aromatic rings. The van der Waals surface area contributed by atoms with Crippen LogP contribution in [-0.2, 0) is 29.4 Å². The number of nitrogens with one attached hydrogen (secondary N) is 3. The second kappa shape index (κ2) is 12.0. The van der Waals surface area contributed by atoms with Crippen molar-refractivity contribution in [3.8, 4) is 0 Å². The maximum absolute atomic E-state index is 14.0. The van der Waals surface area contributed by atoms with Gasteiger partial charge in [0.25, 0.3) is 0 Å². The molecule has 0 unspecified atom stereocenters. The number of carbonyl (C=O) groups is 1. The standard InChI is InChI=1S/C33H41F3N6O2/c1-6-20-16-22(21-12-14-42(15-13-21)19-31(2,3)44)10-11-25(20)40-30-38-18-24(33(34,35)36)28(41-30)37-17-23-8-7-9-26-27(23)32(4,5)29(43)39-26/h7-11,16,18,21,44H,6,12-15,17,19H2,1-5H3,(H,39,43)(H2,37,38,40,41). The lowest BCUT2D eigenvalue weighted by molar-refractivity contribution is -0.137. The van der Waals surface area contributed by atoms with Crippen LogP contribution in [-0.4, -0.2) is 51.1 Å². The first-order valence-electron chi connectivity index (χ1n) is 15.1. The molecular weight excluding hydrogens is 569 g/mol. The number of carbonyl (C=O) groups excluding carboxylic acids is 1. The molecule has 0 aliphatic carbocycles. The highest BCUT2D eigenvalue weighted by Crippen LogP contribution is 2.41. The molecule has 11 heteroatoms. The molecule has 2 aliphatic rings. The van der Waals surface area contributed by atoms with Gasteiger partial charge in [0.2, 0.25) is 11.9 Å². The fourth-order valence-electron chi connectivity index (χ4n) is 6.32. The van der Waals surface area contributed by atoms with Crippen molar-refractivity contribution >= 4 is 29.0 Å². The maximum atomic E-state index is 14.0. The topological polar surface area (TPSA) is 102 Å². The van der Waals surface area contributed by atoms with Crippen molar-refractivity contribution in [2.75, 3.05) is 35.6 Å². The molecule has 0 bridgehead atoms. The van der Waals surface area contributed by atoms with E-state index in [1.807, 2.05) is 26.8 Å². The van der Waals surface area contributed by atoms with Crippen LogP contribution in [0.1, 0.15) is 81.2 Å². The summed E-state index contributed by atoms with van der Waals surface area (Å²) in [5, 5.41) is 19.0. The third-order valence-corrected chi connectivity index (χ3v) is 8.56. The highest BCUT2D eigenvalue weighted by atomic mass is 19.4. The number of piperidine rings is 1. The van der Waals surface area contributed by atoms with Crippen molar-refractivity contribution < 1.29 is 23.1 Å². The molecular formula is C33H41F3N6O2. The molecule has 8 nitrogen and oxygen atoms in total. The second-order valence-electron chi connectivity index (χ2n) is 13.0. The molecule has 0 saturated carbocycles. The molecule has 1 aromatic heterocycles. The Kier molecular flexibility index (Phi) is 8.65. The van der Waals surface area contributed by atoms with Crippen LogP contribution in [0.4, 0.5) is 36.3 Å². The van der Waals surface area contributed by atoms with E-state index in [2.05, 4.69) is 43.0 Å². The van der Waals surface area contributed by atoms with Gasteiger partial charge in [-0.2, -0.15) is 18.2 Å². The molecule has 236 valence electrons. The van der Waals surface area contributed by atoms with Crippen LogP contribution in [0, 0.1) is 0 Å². The summed E-state index contributed by atoms with van der Waals surface area (Å²) < 4.78 is 41.9. The molecule has 3 heterocycles. The maximum Gasteiger partial charge on any atom is 0.421 e. The van der Waals surface area contributed by atoms with Gasteiger partial charge in [0.1, 0.15) is 11.4 Å². The van der Waals surface area contributed by atoms with E-state index in [1.54, 1.807) is 32.0 Å². The Balaban J connectivity index is 1.34. The summed E-state index contributed by atoms with van der Waals surface area (Å²) in [4.78, 5) is 23.0. The molecule has 1 fully saturated rings. The van der Waals surface area contributed by atoms with E-state index in [9.17, 15) is 23.1 Å². The first kappa shape index (κ1) is 31.7. The van der Waals surface area contributed by atoms with Crippen LogP contribution in [0.15, 0.2) is 42.6 Å². The van der Waals surface area contributed by atoms with Gasteiger partial charge in [0.15, 0.2) is 0 Å². The van der Waals surface area contributed by atoms with E-state index < -0.39 is 22.8 Å². The van der Waals surface area contributed by atoms with Gasteiger partial charge in [-0.1, -0.05) is 31.2 Å². The highest BCUT2D eigenvalue weighted by molar-refractivity contribution is 6.06. The summed E-state index contributed by atoms with van der Waals surface area (Å²) in [6.45, 7) is 11.8. The van der Waals surface area contributed by atoms with Gasteiger partial charge in [-0.25, -0.2) is 4.98 Å². The number of halogens is 3. The Morgan fingerprint density at radius 2 is 1.84 bits per heavy atom. The summed E-state index contributed by atoms with van der Waals surface area (Å²) in [5.41, 5.74) is 2.64. The zero-order valence-electron chi connectivity index (χ0n) is 25.9. The van der Waals surface area contributed by atoms with E-state index in [0.717, 1.165) is 55.4 Å². The largest absolute Gasteiger partial charge is 0.421 e. The average Bonchev–Trinajstić information content (AvgIpc) is 3.19. The number of rotatable bonds is 9. The monoisotopic (exact) mass is 610 g/mol. The minimum absolute atomic E-state index is 0.0463. The smallest absolute Gasteiger partial charge is 0.389 e. The van der Waals surface area contributed by atoms with Crippen LogP contribution < -0.4 is 16.0 Å². The number of anilines is 4. The molecule has 2 aromatic carbocycles. The third kappa shape index (κ3) is 6.83. The van der Waals surface area contributed by atoms with Crippen LogP contribution in [0.5, 0.6) is 0 Å². The third-order valence-electron chi connectivity index (χ3n) is 8.56. The first-order chi connectivity index (χ1) is 20.7. The van der Waals surface area contributed by atoms with Gasteiger partial charge >= 0.3 is 6.18 Å². The molecule has 0 atom stereocenters.